The lowest BCUT2D eigenvalue weighted by Crippen LogP contribution is -2.45. The minimum absolute atomic E-state index is 0.133. The molecule has 1 aromatic rings. The van der Waals surface area contributed by atoms with Crippen LogP contribution in [0.4, 0.5) is 9.18 Å². The van der Waals surface area contributed by atoms with E-state index in [0.29, 0.717) is 19.4 Å². The largest absolute Gasteiger partial charge is 0.341 e. The number of urea groups is 1. The van der Waals surface area contributed by atoms with E-state index in [-0.39, 0.29) is 23.7 Å². The summed E-state index contributed by atoms with van der Waals surface area (Å²) in [4.78, 5) is 25.2. The van der Waals surface area contributed by atoms with E-state index in [4.69, 9.17) is 0 Å². The zero-order chi connectivity index (χ0) is 14.0. The first-order valence-electron chi connectivity index (χ1n) is 6.29. The van der Waals surface area contributed by atoms with Crippen LogP contribution in [0, 0.1) is 12.7 Å². The predicted octanol–water partition coefficient (Wildman–Crippen LogP) is 2.18. The monoisotopic (exact) mass is 264 g/mol. The summed E-state index contributed by atoms with van der Waals surface area (Å²) in [5, 5.41) is 2.58. The van der Waals surface area contributed by atoms with Crippen molar-refractivity contribution in [2.24, 2.45) is 0 Å². The predicted molar refractivity (Wildman–Crippen MR) is 69.3 cm³/mol. The Balaban J connectivity index is 2.36. The smallest absolute Gasteiger partial charge is 0.317 e. The van der Waals surface area contributed by atoms with Crippen LogP contribution in [0.25, 0.3) is 0 Å². The number of benzene rings is 1. The highest BCUT2D eigenvalue weighted by atomic mass is 19.1. The topological polar surface area (TPSA) is 49.4 Å². The second-order valence-electron chi connectivity index (χ2n) is 4.76. The van der Waals surface area contributed by atoms with Crippen LogP contribution in [0.1, 0.15) is 30.0 Å². The fourth-order valence-corrected chi connectivity index (χ4v) is 2.51. The number of likely N-dealkylation sites (tertiary alicyclic amines) is 1. The number of carbonyl (C=O) groups is 2. The van der Waals surface area contributed by atoms with Crippen molar-refractivity contribution in [1.29, 1.82) is 0 Å². The first kappa shape index (κ1) is 13.5. The summed E-state index contributed by atoms with van der Waals surface area (Å²) in [6, 6.07) is 3.94. The molecule has 1 N–H and O–H groups in total. The summed E-state index contributed by atoms with van der Waals surface area (Å²) in [5.41, 5.74) is 1.59. The molecule has 1 saturated heterocycles. The molecule has 1 aliphatic heterocycles. The van der Waals surface area contributed by atoms with Crippen molar-refractivity contribution in [2.75, 3.05) is 13.6 Å². The molecule has 2 rings (SSSR count). The van der Waals surface area contributed by atoms with Crippen LogP contribution in [0.2, 0.25) is 0 Å². The Morgan fingerprint density at radius 2 is 2.21 bits per heavy atom. The molecule has 1 atom stereocenters. The lowest BCUT2D eigenvalue weighted by Gasteiger charge is -2.35. The second-order valence-corrected chi connectivity index (χ2v) is 4.76. The molecule has 5 heteroatoms. The fourth-order valence-electron chi connectivity index (χ4n) is 2.51. The number of rotatable bonds is 1. The average Bonchev–Trinajstić information content (AvgIpc) is 2.38. The molecule has 2 amide bonds. The lowest BCUT2D eigenvalue weighted by atomic mass is 9.92. The third-order valence-corrected chi connectivity index (χ3v) is 3.49. The summed E-state index contributed by atoms with van der Waals surface area (Å²) < 4.78 is 13.2. The van der Waals surface area contributed by atoms with Gasteiger partial charge in [0.25, 0.3) is 0 Å². The van der Waals surface area contributed by atoms with Crippen LogP contribution < -0.4 is 5.32 Å². The van der Waals surface area contributed by atoms with E-state index in [1.165, 1.54) is 12.1 Å². The average molecular weight is 264 g/mol. The molecule has 0 aliphatic carbocycles. The van der Waals surface area contributed by atoms with E-state index in [9.17, 15) is 14.0 Å². The number of Topliss-reactive ketones (excluding diaryl/α,β-unsaturated/α-hetero) is 1. The number of halogens is 1. The zero-order valence-electron chi connectivity index (χ0n) is 11.1. The summed E-state index contributed by atoms with van der Waals surface area (Å²) in [7, 11) is 1.56. The van der Waals surface area contributed by atoms with E-state index in [0.717, 1.165) is 11.1 Å². The molecule has 19 heavy (non-hydrogen) atoms. The van der Waals surface area contributed by atoms with Crippen LogP contribution in [-0.2, 0) is 4.79 Å². The van der Waals surface area contributed by atoms with Crippen molar-refractivity contribution in [3.8, 4) is 0 Å². The highest BCUT2D eigenvalue weighted by molar-refractivity contribution is 5.84. The first-order valence-corrected chi connectivity index (χ1v) is 6.29. The van der Waals surface area contributed by atoms with Crippen molar-refractivity contribution < 1.29 is 14.0 Å². The lowest BCUT2D eigenvalue weighted by molar-refractivity contribution is -0.122. The van der Waals surface area contributed by atoms with Gasteiger partial charge in [0.1, 0.15) is 11.6 Å². The van der Waals surface area contributed by atoms with E-state index in [2.05, 4.69) is 5.32 Å². The van der Waals surface area contributed by atoms with Crippen LogP contribution in [0.5, 0.6) is 0 Å². The maximum Gasteiger partial charge on any atom is 0.317 e. The van der Waals surface area contributed by atoms with Gasteiger partial charge in [-0.3, -0.25) is 4.79 Å². The van der Waals surface area contributed by atoms with E-state index >= 15 is 0 Å². The normalized spacial score (nSPS) is 19.4. The molecule has 1 heterocycles. The maximum absolute atomic E-state index is 13.2. The number of aryl methyl sites for hydroxylation is 1. The quantitative estimate of drug-likeness (QED) is 0.845. The minimum Gasteiger partial charge on any atom is -0.341 e. The van der Waals surface area contributed by atoms with Gasteiger partial charge in [0.05, 0.1) is 6.04 Å². The van der Waals surface area contributed by atoms with Gasteiger partial charge in [-0.25, -0.2) is 9.18 Å². The number of nitrogens with zero attached hydrogens (tertiary/aromatic N) is 1. The van der Waals surface area contributed by atoms with Gasteiger partial charge in [-0.05, 0) is 30.2 Å². The van der Waals surface area contributed by atoms with Crippen LogP contribution in [0.3, 0.4) is 0 Å². The standard InChI is InChI=1S/C14H17FN2O2/c1-9-7-10(15)3-4-12(9)13-8-11(18)5-6-17(13)14(19)16-2/h3-4,7,13H,5-6,8H2,1-2H3,(H,16,19)/t13-/m1/s1. The van der Waals surface area contributed by atoms with Crippen LogP contribution in [0.15, 0.2) is 18.2 Å². The highest BCUT2D eigenvalue weighted by Gasteiger charge is 2.32. The first-order chi connectivity index (χ1) is 9.02. The Labute approximate surface area is 111 Å². The third-order valence-electron chi connectivity index (χ3n) is 3.49. The molecular formula is C14H17FN2O2. The molecule has 0 aromatic heterocycles. The van der Waals surface area contributed by atoms with Gasteiger partial charge >= 0.3 is 6.03 Å². The van der Waals surface area contributed by atoms with Gasteiger partial charge in [0.2, 0.25) is 0 Å². The van der Waals surface area contributed by atoms with Gasteiger partial charge < -0.3 is 10.2 Å². The summed E-state index contributed by atoms with van der Waals surface area (Å²) in [5.74, 6) is -0.177. The Hall–Kier alpha value is -1.91. The number of carbonyl (C=O) groups excluding carboxylic acids is 2. The molecule has 1 aliphatic rings. The van der Waals surface area contributed by atoms with E-state index in [1.54, 1.807) is 24.9 Å². The number of nitrogens with one attached hydrogen (secondary N) is 1. The molecule has 0 bridgehead atoms. The third kappa shape index (κ3) is 2.75. The zero-order valence-corrected chi connectivity index (χ0v) is 11.1. The van der Waals surface area contributed by atoms with Crippen molar-refractivity contribution in [3.63, 3.8) is 0 Å². The molecule has 0 saturated carbocycles. The number of ketones is 1. The maximum atomic E-state index is 13.2. The number of amides is 2. The van der Waals surface area contributed by atoms with Gasteiger partial charge in [0.15, 0.2) is 0 Å². The fraction of sp³-hybridized carbons (Fsp3) is 0.429. The van der Waals surface area contributed by atoms with Gasteiger partial charge in [-0.15, -0.1) is 0 Å². The minimum atomic E-state index is -0.310. The van der Waals surface area contributed by atoms with Crippen LogP contribution in [-0.4, -0.2) is 30.3 Å². The van der Waals surface area contributed by atoms with Gasteiger partial charge in [0, 0.05) is 26.4 Å². The molecule has 0 spiro atoms. The molecule has 0 unspecified atom stereocenters. The molecule has 102 valence electrons. The molecule has 1 fully saturated rings. The molecule has 1 aromatic carbocycles. The molecule has 0 radical (unpaired) electrons. The summed E-state index contributed by atoms with van der Waals surface area (Å²) >= 11 is 0. The Morgan fingerprint density at radius 3 is 2.84 bits per heavy atom. The van der Waals surface area contributed by atoms with Gasteiger partial charge in [-0.2, -0.15) is 0 Å². The summed E-state index contributed by atoms with van der Waals surface area (Å²) in [6.07, 6.45) is 0.671. The van der Waals surface area contributed by atoms with Crippen molar-refractivity contribution in [1.82, 2.24) is 10.2 Å². The molecular weight excluding hydrogens is 247 g/mol. The van der Waals surface area contributed by atoms with Gasteiger partial charge in [-0.1, -0.05) is 6.07 Å². The highest BCUT2D eigenvalue weighted by Crippen LogP contribution is 2.31. The van der Waals surface area contributed by atoms with E-state index < -0.39 is 0 Å². The number of hydrogen-bond donors (Lipinski definition) is 1. The molecule has 4 nitrogen and oxygen atoms in total. The SMILES string of the molecule is CNC(=O)N1CCC(=O)C[C@@H]1c1ccc(F)cc1C. The van der Waals surface area contributed by atoms with E-state index in [1.807, 2.05) is 0 Å². The van der Waals surface area contributed by atoms with Crippen molar-refractivity contribution >= 4 is 11.8 Å². The van der Waals surface area contributed by atoms with Crippen molar-refractivity contribution in [2.45, 2.75) is 25.8 Å². The summed E-state index contributed by atoms with van der Waals surface area (Å²) in [6.45, 7) is 2.19. The Kier molecular flexibility index (Phi) is 3.83. The Bertz CT molecular complexity index is 516. The number of hydrogen-bond acceptors (Lipinski definition) is 2. The van der Waals surface area contributed by atoms with Crippen molar-refractivity contribution in [3.05, 3.63) is 35.1 Å². The number of piperidine rings is 1. The Morgan fingerprint density at radius 1 is 1.47 bits per heavy atom. The second kappa shape index (κ2) is 5.38. The van der Waals surface area contributed by atoms with Crippen LogP contribution >= 0.6 is 0 Å².